The molecule has 1 aromatic carbocycles. The van der Waals surface area contributed by atoms with Gasteiger partial charge < -0.3 is 9.67 Å². The van der Waals surface area contributed by atoms with Gasteiger partial charge in [-0.15, -0.1) is 0 Å². The number of aromatic hydroxyl groups is 1. The predicted octanol–water partition coefficient (Wildman–Crippen LogP) is 3.13. The van der Waals surface area contributed by atoms with Gasteiger partial charge in [0.1, 0.15) is 5.75 Å². The molecule has 1 aromatic heterocycles. The summed E-state index contributed by atoms with van der Waals surface area (Å²) >= 11 is 0. The number of phenolic OH excluding ortho intramolecular Hbond substituents is 1. The molecule has 0 radical (unpaired) electrons. The highest BCUT2D eigenvalue weighted by Crippen LogP contribution is 2.28. The van der Waals surface area contributed by atoms with Crippen LogP contribution in [0.5, 0.6) is 5.75 Å². The fourth-order valence-corrected chi connectivity index (χ4v) is 1.95. The molecule has 0 amide bonds. The Kier molecular flexibility index (Phi) is 2.46. The Hall–Kier alpha value is -1.77. The minimum Gasteiger partial charge on any atom is -0.508 e. The number of hydrogen-bond acceptors (Lipinski definition) is 2. The Morgan fingerprint density at radius 3 is 2.62 bits per heavy atom. The van der Waals surface area contributed by atoms with Gasteiger partial charge in [0.2, 0.25) is 0 Å². The summed E-state index contributed by atoms with van der Waals surface area (Å²) in [6, 6.07) is 5.36. The molecule has 0 atom stereocenters. The molecule has 0 fully saturated rings. The van der Waals surface area contributed by atoms with Crippen molar-refractivity contribution in [1.29, 1.82) is 0 Å². The molecule has 2 aromatic rings. The first-order valence-corrected chi connectivity index (χ1v) is 5.35. The van der Waals surface area contributed by atoms with Gasteiger partial charge in [0.25, 0.3) is 0 Å². The summed E-state index contributed by atoms with van der Waals surface area (Å²) < 4.78 is 2.01. The lowest BCUT2D eigenvalue weighted by molar-refractivity contribution is 0.101. The van der Waals surface area contributed by atoms with Gasteiger partial charge in [-0.1, -0.05) is 0 Å². The van der Waals surface area contributed by atoms with Crippen LogP contribution < -0.4 is 0 Å². The third-order valence-corrected chi connectivity index (χ3v) is 2.75. The van der Waals surface area contributed by atoms with E-state index in [9.17, 15) is 9.90 Å². The fraction of sp³-hybridized carbons (Fsp3) is 0.308. The lowest BCUT2D eigenvalue weighted by Gasteiger charge is -2.08. The first kappa shape index (κ1) is 10.7. The maximum atomic E-state index is 11.5. The number of carbonyl (C=O) groups excluding carboxylic acids is 1. The number of phenols is 1. The quantitative estimate of drug-likeness (QED) is 0.785. The Bertz CT molecular complexity index is 552. The van der Waals surface area contributed by atoms with Crippen molar-refractivity contribution in [3.05, 3.63) is 30.0 Å². The minimum atomic E-state index is 0.0510. The number of aromatic nitrogens is 1. The molecule has 3 heteroatoms. The van der Waals surface area contributed by atoms with Crippen LogP contribution in [0.3, 0.4) is 0 Å². The third-order valence-electron chi connectivity index (χ3n) is 2.75. The maximum Gasteiger partial charge on any atom is 0.161 e. The number of hydrogen-bond donors (Lipinski definition) is 1. The highest BCUT2D eigenvalue weighted by molar-refractivity contribution is 6.07. The number of ketones is 1. The van der Waals surface area contributed by atoms with Crippen LogP contribution in [-0.2, 0) is 0 Å². The molecular formula is C13H15NO2. The van der Waals surface area contributed by atoms with Crippen LogP contribution in [0.2, 0.25) is 0 Å². The van der Waals surface area contributed by atoms with E-state index in [1.807, 2.05) is 24.6 Å². The molecule has 16 heavy (non-hydrogen) atoms. The summed E-state index contributed by atoms with van der Waals surface area (Å²) in [6.45, 7) is 5.66. The third kappa shape index (κ3) is 1.58. The molecule has 2 rings (SSSR count). The van der Waals surface area contributed by atoms with Crippen LogP contribution in [0.1, 0.15) is 37.2 Å². The van der Waals surface area contributed by atoms with E-state index in [0.717, 1.165) is 10.9 Å². The van der Waals surface area contributed by atoms with Gasteiger partial charge in [0, 0.05) is 29.3 Å². The molecule has 1 heterocycles. The second-order valence-corrected chi connectivity index (χ2v) is 4.30. The fourth-order valence-electron chi connectivity index (χ4n) is 1.95. The summed E-state index contributed by atoms with van der Waals surface area (Å²) in [5, 5.41) is 10.4. The zero-order valence-corrected chi connectivity index (χ0v) is 9.69. The summed E-state index contributed by atoms with van der Waals surface area (Å²) in [5.41, 5.74) is 1.61. The second-order valence-electron chi connectivity index (χ2n) is 4.30. The molecule has 1 N–H and O–H groups in total. The van der Waals surface area contributed by atoms with Crippen molar-refractivity contribution < 1.29 is 9.90 Å². The van der Waals surface area contributed by atoms with Gasteiger partial charge in [-0.2, -0.15) is 0 Å². The van der Waals surface area contributed by atoms with Gasteiger partial charge in [-0.3, -0.25) is 4.79 Å². The molecule has 0 unspecified atom stereocenters. The summed E-state index contributed by atoms with van der Waals surface area (Å²) in [4.78, 5) is 11.5. The van der Waals surface area contributed by atoms with Crippen LogP contribution in [0.15, 0.2) is 24.4 Å². The topological polar surface area (TPSA) is 42.2 Å². The molecular weight excluding hydrogens is 202 g/mol. The zero-order chi connectivity index (χ0) is 11.9. The van der Waals surface area contributed by atoms with Crippen LogP contribution in [0, 0.1) is 0 Å². The van der Waals surface area contributed by atoms with E-state index < -0.39 is 0 Å². The summed E-state index contributed by atoms with van der Waals surface area (Å²) in [6.07, 6.45) is 1.86. The zero-order valence-electron chi connectivity index (χ0n) is 9.69. The molecule has 0 bridgehead atoms. The van der Waals surface area contributed by atoms with E-state index in [-0.39, 0.29) is 17.6 Å². The first-order chi connectivity index (χ1) is 7.50. The molecule has 0 aliphatic rings. The lowest BCUT2D eigenvalue weighted by Crippen LogP contribution is -1.98. The monoisotopic (exact) mass is 217 g/mol. The standard InChI is InChI=1S/C13H15NO2/c1-8(2)14-7-12(9(3)15)11-5-4-10(16)6-13(11)14/h4-8,16H,1-3H3. The Balaban J connectivity index is 2.81. The van der Waals surface area contributed by atoms with Crippen molar-refractivity contribution in [2.75, 3.05) is 0 Å². The summed E-state index contributed by atoms with van der Waals surface area (Å²) in [5.74, 6) is 0.276. The van der Waals surface area contributed by atoms with Crippen LogP contribution in [-0.4, -0.2) is 15.5 Å². The Morgan fingerprint density at radius 2 is 2.06 bits per heavy atom. The summed E-state index contributed by atoms with van der Waals surface area (Å²) in [7, 11) is 0. The Labute approximate surface area is 94.3 Å². The molecule has 0 saturated heterocycles. The van der Waals surface area contributed by atoms with Crippen molar-refractivity contribution in [2.45, 2.75) is 26.8 Å². The predicted molar refractivity (Wildman–Crippen MR) is 64.0 cm³/mol. The van der Waals surface area contributed by atoms with Gasteiger partial charge >= 0.3 is 0 Å². The van der Waals surface area contributed by atoms with E-state index in [1.165, 1.54) is 0 Å². The van der Waals surface area contributed by atoms with Gasteiger partial charge in [-0.05, 0) is 32.9 Å². The van der Waals surface area contributed by atoms with Crippen molar-refractivity contribution in [3.63, 3.8) is 0 Å². The maximum absolute atomic E-state index is 11.5. The molecule has 84 valence electrons. The van der Waals surface area contributed by atoms with E-state index in [2.05, 4.69) is 0 Å². The van der Waals surface area contributed by atoms with Crippen molar-refractivity contribution in [3.8, 4) is 5.75 Å². The molecule has 0 aliphatic heterocycles. The largest absolute Gasteiger partial charge is 0.508 e. The minimum absolute atomic E-state index is 0.0510. The van der Waals surface area contributed by atoms with Crippen molar-refractivity contribution >= 4 is 16.7 Å². The smallest absolute Gasteiger partial charge is 0.161 e. The molecule has 0 aliphatic carbocycles. The molecule has 0 spiro atoms. The Morgan fingerprint density at radius 1 is 1.38 bits per heavy atom. The number of carbonyl (C=O) groups is 1. The lowest BCUT2D eigenvalue weighted by atomic mass is 10.1. The van der Waals surface area contributed by atoms with E-state index in [4.69, 9.17) is 0 Å². The normalized spacial score (nSPS) is 11.2. The van der Waals surface area contributed by atoms with Crippen LogP contribution in [0.4, 0.5) is 0 Å². The number of rotatable bonds is 2. The first-order valence-electron chi connectivity index (χ1n) is 5.35. The van der Waals surface area contributed by atoms with Gasteiger partial charge in [-0.25, -0.2) is 0 Å². The van der Waals surface area contributed by atoms with E-state index in [0.29, 0.717) is 5.56 Å². The number of fused-ring (bicyclic) bond motifs is 1. The van der Waals surface area contributed by atoms with Gasteiger partial charge in [0.15, 0.2) is 5.78 Å². The molecule has 0 saturated carbocycles. The number of nitrogens with zero attached hydrogens (tertiary/aromatic N) is 1. The van der Waals surface area contributed by atoms with E-state index >= 15 is 0 Å². The average molecular weight is 217 g/mol. The van der Waals surface area contributed by atoms with Crippen molar-refractivity contribution in [2.24, 2.45) is 0 Å². The van der Waals surface area contributed by atoms with Crippen LogP contribution >= 0.6 is 0 Å². The average Bonchev–Trinajstić information content (AvgIpc) is 2.56. The second kappa shape index (κ2) is 3.67. The SMILES string of the molecule is CC(=O)c1cn(C(C)C)c2cc(O)ccc12. The van der Waals surface area contributed by atoms with E-state index in [1.54, 1.807) is 25.1 Å². The number of benzene rings is 1. The highest BCUT2D eigenvalue weighted by atomic mass is 16.3. The number of Topliss-reactive ketones (excluding diaryl/α,β-unsaturated/α-hetero) is 1. The highest BCUT2D eigenvalue weighted by Gasteiger charge is 2.13. The molecule has 3 nitrogen and oxygen atoms in total. The van der Waals surface area contributed by atoms with Crippen molar-refractivity contribution in [1.82, 2.24) is 4.57 Å². The van der Waals surface area contributed by atoms with Crippen LogP contribution in [0.25, 0.3) is 10.9 Å². The van der Waals surface area contributed by atoms with Gasteiger partial charge in [0.05, 0.1) is 5.52 Å².